The Morgan fingerprint density at radius 3 is 2.62 bits per heavy atom. The molecular weight excluding hydrogens is 343 g/mol. The van der Waals surface area contributed by atoms with Crippen molar-refractivity contribution in [1.29, 1.82) is 0 Å². The highest BCUT2D eigenvalue weighted by molar-refractivity contribution is 6.48. The van der Waals surface area contributed by atoms with E-state index in [4.69, 9.17) is 44.6 Å². The zero-order valence-electron chi connectivity index (χ0n) is 10.8. The molecule has 114 valence electrons. The number of aromatic nitrogens is 1. The maximum Gasteiger partial charge on any atom is 0.311 e. The van der Waals surface area contributed by atoms with Gasteiger partial charge in [0, 0.05) is 13.2 Å². The molecule has 6 nitrogen and oxygen atoms in total. The van der Waals surface area contributed by atoms with Gasteiger partial charge in [0.05, 0.1) is 34.3 Å². The molecule has 0 saturated carbocycles. The lowest BCUT2D eigenvalue weighted by atomic mass is 10.0. The van der Waals surface area contributed by atoms with Crippen LogP contribution in [-0.2, 0) is 9.53 Å². The van der Waals surface area contributed by atoms with Crippen LogP contribution in [-0.4, -0.2) is 53.2 Å². The second-order valence-corrected chi connectivity index (χ2v) is 5.71. The summed E-state index contributed by atoms with van der Waals surface area (Å²) < 4.78 is 5.14. The average Bonchev–Trinajstić information content (AvgIpc) is 2.93. The van der Waals surface area contributed by atoms with Crippen molar-refractivity contribution < 1.29 is 19.4 Å². The predicted octanol–water partition coefficient (Wildman–Crippen LogP) is 2.21. The lowest BCUT2D eigenvalue weighted by Crippen LogP contribution is -2.44. The van der Waals surface area contributed by atoms with E-state index in [0.717, 1.165) is 0 Å². The number of likely N-dealkylation sites (N-methyl/N-ethyl adjacent to an activating group) is 1. The molecule has 1 aliphatic heterocycles. The summed E-state index contributed by atoms with van der Waals surface area (Å²) >= 11 is 17.6. The minimum atomic E-state index is -1.02. The highest BCUT2D eigenvalue weighted by atomic mass is 35.5. The van der Waals surface area contributed by atoms with Gasteiger partial charge >= 0.3 is 5.97 Å². The Kier molecular flexibility index (Phi) is 4.93. The van der Waals surface area contributed by atoms with Crippen molar-refractivity contribution >= 4 is 46.7 Å². The van der Waals surface area contributed by atoms with E-state index < -0.39 is 23.8 Å². The Morgan fingerprint density at radius 1 is 1.33 bits per heavy atom. The molecule has 1 saturated heterocycles. The summed E-state index contributed by atoms with van der Waals surface area (Å²) in [5.41, 5.74) is -0.0791. The van der Waals surface area contributed by atoms with Crippen LogP contribution in [0.4, 0.5) is 0 Å². The van der Waals surface area contributed by atoms with Gasteiger partial charge in [0.15, 0.2) is 0 Å². The summed E-state index contributed by atoms with van der Waals surface area (Å²) in [7, 11) is 1.47. The van der Waals surface area contributed by atoms with Gasteiger partial charge in [0.1, 0.15) is 11.6 Å². The third-order valence-corrected chi connectivity index (χ3v) is 4.55. The molecule has 2 rings (SSSR count). The van der Waals surface area contributed by atoms with Gasteiger partial charge in [-0.2, -0.15) is 0 Å². The number of carbonyl (C=O) groups excluding carboxylic acids is 1. The SMILES string of the molecule is CN(C(=O)c1ncc(Cl)c(Cl)c1Cl)C1COCC1C(=O)O. The molecule has 0 spiro atoms. The van der Waals surface area contributed by atoms with E-state index in [-0.39, 0.29) is 34.0 Å². The van der Waals surface area contributed by atoms with Gasteiger partial charge in [0.25, 0.3) is 5.91 Å². The molecule has 1 aromatic rings. The van der Waals surface area contributed by atoms with E-state index in [2.05, 4.69) is 4.98 Å². The van der Waals surface area contributed by atoms with Crippen molar-refractivity contribution in [2.24, 2.45) is 5.92 Å². The number of aliphatic carboxylic acids is 1. The van der Waals surface area contributed by atoms with Crippen LogP contribution in [0, 0.1) is 5.92 Å². The number of ether oxygens (including phenoxy) is 1. The number of hydrogen-bond donors (Lipinski definition) is 1. The molecule has 21 heavy (non-hydrogen) atoms. The summed E-state index contributed by atoms with van der Waals surface area (Å²) in [6, 6.07) is -0.595. The van der Waals surface area contributed by atoms with E-state index in [0.29, 0.717) is 0 Å². The molecule has 0 bridgehead atoms. The van der Waals surface area contributed by atoms with Gasteiger partial charge in [-0.25, -0.2) is 4.98 Å². The van der Waals surface area contributed by atoms with E-state index in [1.165, 1.54) is 18.1 Å². The molecule has 1 aromatic heterocycles. The van der Waals surface area contributed by atoms with Crippen LogP contribution in [0.25, 0.3) is 0 Å². The first kappa shape index (κ1) is 16.3. The number of carbonyl (C=O) groups is 2. The van der Waals surface area contributed by atoms with E-state index >= 15 is 0 Å². The minimum Gasteiger partial charge on any atom is -0.481 e. The summed E-state index contributed by atoms with van der Waals surface area (Å²) in [6.07, 6.45) is 1.22. The molecule has 0 radical (unpaired) electrons. The molecule has 1 fully saturated rings. The smallest absolute Gasteiger partial charge is 0.311 e. The summed E-state index contributed by atoms with van der Waals surface area (Å²) in [6.45, 7) is 0.193. The Morgan fingerprint density at radius 2 is 2.00 bits per heavy atom. The van der Waals surface area contributed by atoms with Gasteiger partial charge in [-0.05, 0) is 0 Å². The Hall–Kier alpha value is -1.08. The third-order valence-electron chi connectivity index (χ3n) is 3.31. The fraction of sp³-hybridized carbons (Fsp3) is 0.417. The first-order chi connectivity index (χ1) is 9.84. The standard InChI is InChI=1S/C12H11Cl3N2O4/c1-17(7-4-21-3-5(7)12(19)20)11(18)10-9(15)8(14)6(13)2-16-10/h2,5,7H,3-4H2,1H3,(H,19,20). The molecular formula is C12H11Cl3N2O4. The van der Waals surface area contributed by atoms with Crippen LogP contribution in [0.2, 0.25) is 15.1 Å². The van der Waals surface area contributed by atoms with Crippen molar-refractivity contribution in [2.45, 2.75) is 6.04 Å². The number of pyridine rings is 1. The largest absolute Gasteiger partial charge is 0.481 e. The summed E-state index contributed by atoms with van der Waals surface area (Å²) in [5.74, 6) is -2.36. The van der Waals surface area contributed by atoms with E-state index in [1.54, 1.807) is 0 Å². The normalized spacial score (nSPS) is 21.3. The fourth-order valence-corrected chi connectivity index (χ4v) is 2.63. The maximum absolute atomic E-state index is 12.4. The topological polar surface area (TPSA) is 79.7 Å². The molecule has 0 aliphatic carbocycles. The molecule has 1 aliphatic rings. The van der Waals surface area contributed by atoms with Crippen LogP contribution >= 0.6 is 34.8 Å². The molecule has 9 heteroatoms. The zero-order valence-corrected chi connectivity index (χ0v) is 13.1. The van der Waals surface area contributed by atoms with Gasteiger partial charge in [-0.15, -0.1) is 0 Å². The summed E-state index contributed by atoms with van der Waals surface area (Å²) in [5, 5.41) is 9.22. The number of rotatable bonds is 3. The average molecular weight is 354 g/mol. The van der Waals surface area contributed by atoms with Crippen molar-refractivity contribution in [3.05, 3.63) is 27.0 Å². The molecule has 1 N–H and O–H groups in total. The van der Waals surface area contributed by atoms with Crippen LogP contribution in [0.15, 0.2) is 6.20 Å². The first-order valence-corrected chi connectivity index (χ1v) is 7.05. The van der Waals surface area contributed by atoms with Gasteiger partial charge < -0.3 is 14.7 Å². The maximum atomic E-state index is 12.4. The van der Waals surface area contributed by atoms with Crippen LogP contribution < -0.4 is 0 Å². The monoisotopic (exact) mass is 352 g/mol. The van der Waals surface area contributed by atoms with Gasteiger partial charge in [-0.1, -0.05) is 34.8 Å². The van der Waals surface area contributed by atoms with Crippen LogP contribution in [0.3, 0.4) is 0 Å². The quantitative estimate of drug-likeness (QED) is 0.901. The minimum absolute atomic E-state index is 0.0301. The van der Waals surface area contributed by atoms with Crippen molar-refractivity contribution in [1.82, 2.24) is 9.88 Å². The Bertz CT molecular complexity index is 596. The second kappa shape index (κ2) is 6.36. The number of amides is 1. The highest BCUT2D eigenvalue weighted by Crippen LogP contribution is 2.32. The van der Waals surface area contributed by atoms with Crippen molar-refractivity contribution in [3.8, 4) is 0 Å². The summed E-state index contributed by atoms with van der Waals surface area (Å²) in [4.78, 5) is 28.7. The number of carboxylic acid groups (broad SMARTS) is 1. The number of hydrogen-bond acceptors (Lipinski definition) is 4. The zero-order chi connectivity index (χ0) is 15.7. The number of nitrogens with zero attached hydrogens (tertiary/aromatic N) is 2. The van der Waals surface area contributed by atoms with Gasteiger partial charge in [-0.3, -0.25) is 9.59 Å². The van der Waals surface area contributed by atoms with E-state index in [1.807, 2.05) is 0 Å². The Labute approximate surface area is 135 Å². The molecule has 0 aromatic carbocycles. The molecule has 1 amide bonds. The fourth-order valence-electron chi connectivity index (χ4n) is 2.07. The number of carboxylic acids is 1. The lowest BCUT2D eigenvalue weighted by Gasteiger charge is -2.26. The van der Waals surface area contributed by atoms with Gasteiger partial charge in [0.2, 0.25) is 0 Å². The van der Waals surface area contributed by atoms with Crippen LogP contribution in [0.1, 0.15) is 10.5 Å². The third kappa shape index (κ3) is 3.08. The Balaban J connectivity index is 2.28. The second-order valence-electron chi connectivity index (χ2n) is 4.55. The number of halogens is 3. The lowest BCUT2D eigenvalue weighted by molar-refractivity contribution is -0.142. The highest BCUT2D eigenvalue weighted by Gasteiger charge is 2.39. The van der Waals surface area contributed by atoms with Crippen LogP contribution in [0.5, 0.6) is 0 Å². The molecule has 2 unspecified atom stereocenters. The predicted molar refractivity (Wildman–Crippen MR) is 77.1 cm³/mol. The van der Waals surface area contributed by atoms with E-state index in [9.17, 15) is 9.59 Å². The van der Waals surface area contributed by atoms with Crippen molar-refractivity contribution in [3.63, 3.8) is 0 Å². The molecule has 2 heterocycles. The molecule has 2 atom stereocenters. The first-order valence-electron chi connectivity index (χ1n) is 5.91. The van der Waals surface area contributed by atoms with Crippen molar-refractivity contribution in [2.75, 3.05) is 20.3 Å².